The van der Waals surface area contributed by atoms with Gasteiger partial charge in [-0.25, -0.2) is 4.79 Å². The summed E-state index contributed by atoms with van der Waals surface area (Å²) < 4.78 is 4.57. The van der Waals surface area contributed by atoms with Gasteiger partial charge in [0.15, 0.2) is 0 Å². The highest BCUT2D eigenvalue weighted by Crippen LogP contribution is 2.43. The summed E-state index contributed by atoms with van der Waals surface area (Å²) in [5.74, 6) is -0.507. The summed E-state index contributed by atoms with van der Waals surface area (Å²) in [6, 6.07) is 0. The second-order valence-corrected chi connectivity index (χ2v) is 5.85. The van der Waals surface area contributed by atoms with E-state index in [4.69, 9.17) is 35.4 Å². The van der Waals surface area contributed by atoms with E-state index in [9.17, 15) is 4.79 Å². The number of halogens is 2. The molecule has 0 unspecified atom stereocenters. The van der Waals surface area contributed by atoms with Gasteiger partial charge < -0.3 is 4.74 Å². The van der Waals surface area contributed by atoms with Crippen LogP contribution in [0.25, 0.3) is 0 Å². The molecule has 1 aliphatic heterocycles. The predicted octanol–water partition coefficient (Wildman–Crippen LogP) is 3.41. The molecule has 0 bridgehead atoms. The average Bonchev–Trinajstić information content (AvgIpc) is 2.69. The van der Waals surface area contributed by atoms with E-state index in [0.717, 1.165) is 4.86 Å². The molecule has 2 nitrogen and oxygen atoms in total. The first kappa shape index (κ1) is 12.9. The van der Waals surface area contributed by atoms with Crippen LogP contribution in [0.4, 0.5) is 0 Å². The van der Waals surface area contributed by atoms with E-state index in [-0.39, 0.29) is 10.4 Å². The number of cyclic esters (lactones) is 1. The standard InChI is InChI=1S/C10H12Cl2O2S/c1-9(2,3)7(15)5-4-6(11)10(12)8(13)14-10/h4H,5H2,1-3H3/t10-/m1/s1. The Balaban J connectivity index is 2.60. The van der Waals surface area contributed by atoms with Gasteiger partial charge in [-0.2, -0.15) is 0 Å². The lowest BCUT2D eigenvalue weighted by molar-refractivity contribution is -0.117. The fourth-order valence-electron chi connectivity index (χ4n) is 0.868. The molecule has 15 heavy (non-hydrogen) atoms. The smallest absolute Gasteiger partial charge is 0.375 e. The third-order valence-electron chi connectivity index (χ3n) is 2.06. The minimum absolute atomic E-state index is 0.0586. The molecule has 1 atom stereocenters. The zero-order valence-electron chi connectivity index (χ0n) is 8.77. The Morgan fingerprint density at radius 1 is 1.60 bits per heavy atom. The van der Waals surface area contributed by atoms with E-state index >= 15 is 0 Å². The van der Waals surface area contributed by atoms with Crippen molar-refractivity contribution < 1.29 is 9.53 Å². The first-order valence-electron chi connectivity index (χ1n) is 4.49. The van der Waals surface area contributed by atoms with Crippen molar-refractivity contribution in [3.63, 3.8) is 0 Å². The van der Waals surface area contributed by atoms with Gasteiger partial charge in [-0.05, 0) is 11.8 Å². The second kappa shape index (κ2) is 4.04. The SMILES string of the molecule is CC(C)(C)C(=S)CC=C(Cl)[C@@]1(Cl)OC1=O. The van der Waals surface area contributed by atoms with E-state index < -0.39 is 11.0 Å². The van der Waals surface area contributed by atoms with Gasteiger partial charge in [-0.1, -0.05) is 62.3 Å². The van der Waals surface area contributed by atoms with Gasteiger partial charge in [0.25, 0.3) is 0 Å². The molecule has 0 radical (unpaired) electrons. The maximum Gasteiger partial charge on any atom is 0.375 e. The Bertz CT molecular complexity index is 344. The largest absolute Gasteiger partial charge is 0.422 e. The van der Waals surface area contributed by atoms with Crippen LogP contribution in [0.3, 0.4) is 0 Å². The van der Waals surface area contributed by atoms with Gasteiger partial charge in [0.1, 0.15) is 0 Å². The maximum atomic E-state index is 10.8. The number of hydrogen-bond donors (Lipinski definition) is 0. The number of rotatable bonds is 3. The topological polar surface area (TPSA) is 29.6 Å². The van der Waals surface area contributed by atoms with Gasteiger partial charge in [-0.3, -0.25) is 0 Å². The number of allylic oxidation sites excluding steroid dienone is 1. The van der Waals surface area contributed by atoms with Crippen molar-refractivity contribution in [2.45, 2.75) is 32.3 Å². The number of ether oxygens (including phenoxy) is 1. The van der Waals surface area contributed by atoms with Crippen molar-refractivity contribution in [1.29, 1.82) is 0 Å². The minimum Gasteiger partial charge on any atom is -0.422 e. The van der Waals surface area contributed by atoms with E-state index in [1.54, 1.807) is 6.08 Å². The molecule has 1 saturated heterocycles. The first-order chi connectivity index (χ1) is 6.68. The van der Waals surface area contributed by atoms with E-state index in [2.05, 4.69) is 4.74 Å². The molecule has 0 N–H and O–H groups in total. The van der Waals surface area contributed by atoms with Crippen molar-refractivity contribution >= 4 is 46.3 Å². The summed E-state index contributed by atoms with van der Waals surface area (Å²) in [7, 11) is 0. The molecule has 0 aromatic rings. The number of carbonyl (C=O) groups excluding carboxylic acids is 1. The van der Waals surface area contributed by atoms with Gasteiger partial charge >= 0.3 is 11.0 Å². The molecule has 1 fully saturated rings. The fourth-order valence-corrected chi connectivity index (χ4v) is 1.29. The highest BCUT2D eigenvalue weighted by atomic mass is 35.5. The van der Waals surface area contributed by atoms with E-state index in [0.29, 0.717) is 6.42 Å². The lowest BCUT2D eigenvalue weighted by atomic mass is 9.90. The van der Waals surface area contributed by atoms with Crippen molar-refractivity contribution in [3.8, 4) is 0 Å². The van der Waals surface area contributed by atoms with Crippen LogP contribution in [0.2, 0.25) is 0 Å². The molecule has 0 aliphatic carbocycles. The Labute approximate surface area is 105 Å². The third-order valence-corrected chi connectivity index (χ3v) is 3.80. The van der Waals surface area contributed by atoms with Crippen molar-refractivity contribution in [2.75, 3.05) is 0 Å². The summed E-state index contributed by atoms with van der Waals surface area (Å²) in [6.45, 7) is 6.06. The van der Waals surface area contributed by atoms with Crippen molar-refractivity contribution in [1.82, 2.24) is 0 Å². The number of hydrogen-bond acceptors (Lipinski definition) is 3. The van der Waals surface area contributed by atoms with E-state index in [1.807, 2.05) is 20.8 Å². The lowest BCUT2D eigenvalue weighted by Gasteiger charge is -2.18. The molecule has 1 aliphatic rings. The van der Waals surface area contributed by atoms with Crippen molar-refractivity contribution in [2.24, 2.45) is 5.41 Å². The molecule has 84 valence electrons. The summed E-state index contributed by atoms with van der Waals surface area (Å²) >= 11 is 16.8. The minimum atomic E-state index is -1.42. The predicted molar refractivity (Wildman–Crippen MR) is 65.3 cm³/mol. The molecule has 0 aromatic heterocycles. The van der Waals surface area contributed by atoms with Crippen LogP contribution < -0.4 is 0 Å². The van der Waals surface area contributed by atoms with Gasteiger partial charge in [0.05, 0.1) is 5.03 Å². The third kappa shape index (κ3) is 2.92. The summed E-state index contributed by atoms with van der Waals surface area (Å²) in [4.78, 5) is 11.6. The number of carbonyl (C=O) groups is 1. The van der Waals surface area contributed by atoms with Crippen LogP contribution in [-0.2, 0) is 9.53 Å². The summed E-state index contributed by atoms with van der Waals surface area (Å²) in [5.41, 5.74) is -0.0586. The van der Waals surface area contributed by atoms with Crippen LogP contribution in [0.15, 0.2) is 11.1 Å². The monoisotopic (exact) mass is 266 g/mol. The quantitative estimate of drug-likeness (QED) is 0.446. The highest BCUT2D eigenvalue weighted by molar-refractivity contribution is 7.80. The van der Waals surface area contributed by atoms with Crippen LogP contribution in [0.5, 0.6) is 0 Å². The van der Waals surface area contributed by atoms with Crippen LogP contribution in [0.1, 0.15) is 27.2 Å². The highest BCUT2D eigenvalue weighted by Gasteiger charge is 2.59. The first-order valence-corrected chi connectivity index (χ1v) is 5.66. The molecule has 0 aromatic carbocycles. The van der Waals surface area contributed by atoms with Crippen LogP contribution >= 0.6 is 35.4 Å². The Morgan fingerprint density at radius 2 is 2.07 bits per heavy atom. The molecule has 5 heteroatoms. The normalized spacial score (nSPS) is 26.2. The molecule has 0 saturated carbocycles. The maximum absolute atomic E-state index is 10.8. The Morgan fingerprint density at radius 3 is 2.40 bits per heavy atom. The Hall–Kier alpha value is -0.120. The van der Waals surface area contributed by atoms with Crippen LogP contribution in [0, 0.1) is 5.41 Å². The molecular formula is C10H12Cl2O2S. The van der Waals surface area contributed by atoms with E-state index in [1.165, 1.54) is 0 Å². The Kier molecular flexibility index (Phi) is 3.49. The number of thiocarbonyl (C=S) groups is 1. The van der Waals surface area contributed by atoms with Gasteiger partial charge in [0.2, 0.25) is 0 Å². The zero-order chi connectivity index (χ0) is 11.9. The molecule has 0 amide bonds. The number of epoxide rings is 1. The molecule has 1 heterocycles. The van der Waals surface area contributed by atoms with Crippen molar-refractivity contribution in [3.05, 3.63) is 11.1 Å². The van der Waals surface area contributed by atoms with Gasteiger partial charge in [-0.15, -0.1) is 0 Å². The molecular weight excluding hydrogens is 255 g/mol. The molecule has 0 spiro atoms. The fraction of sp³-hybridized carbons (Fsp3) is 0.600. The second-order valence-electron chi connectivity index (χ2n) is 4.41. The summed E-state index contributed by atoms with van der Waals surface area (Å²) in [5, 5.41) is -1.23. The molecule has 1 rings (SSSR count). The van der Waals surface area contributed by atoms with Gasteiger partial charge in [0, 0.05) is 4.86 Å². The lowest BCUT2D eigenvalue weighted by Crippen LogP contribution is -2.17. The average molecular weight is 267 g/mol. The zero-order valence-corrected chi connectivity index (χ0v) is 11.1. The summed E-state index contributed by atoms with van der Waals surface area (Å²) in [6.07, 6.45) is 2.15. The van der Waals surface area contributed by atoms with Crippen LogP contribution in [-0.4, -0.2) is 15.9 Å². The number of alkyl halides is 1.